The summed E-state index contributed by atoms with van der Waals surface area (Å²) in [6.45, 7) is 0. The first kappa shape index (κ1) is 10.9. The van der Waals surface area contributed by atoms with E-state index in [1.54, 1.807) is 6.07 Å². The molecule has 0 atom stereocenters. The Balaban J connectivity index is 2.40. The Labute approximate surface area is 95.3 Å². The van der Waals surface area contributed by atoms with Crippen molar-refractivity contribution in [3.8, 4) is 0 Å². The van der Waals surface area contributed by atoms with Crippen molar-refractivity contribution in [1.29, 1.82) is 0 Å². The van der Waals surface area contributed by atoms with E-state index in [0.717, 1.165) is 6.07 Å². The fourth-order valence-electron chi connectivity index (χ4n) is 1.29. The summed E-state index contributed by atoms with van der Waals surface area (Å²) in [5.74, 6) is -0.739. The van der Waals surface area contributed by atoms with Crippen LogP contribution in [0.5, 0.6) is 0 Å². The Hall–Kier alpha value is -2.57. The van der Waals surface area contributed by atoms with Crippen LogP contribution >= 0.6 is 0 Å². The maximum absolute atomic E-state index is 13.3. The van der Waals surface area contributed by atoms with Gasteiger partial charge in [0.25, 0.3) is 0 Å². The van der Waals surface area contributed by atoms with Crippen molar-refractivity contribution in [2.45, 2.75) is 0 Å². The highest BCUT2D eigenvalue weighted by Gasteiger charge is 2.20. The normalized spacial score (nSPS) is 9.94. The number of aromatic nitrogens is 2. The second-order valence-electron chi connectivity index (χ2n) is 3.09. The molecule has 0 bridgehead atoms. The second-order valence-corrected chi connectivity index (χ2v) is 3.09. The lowest BCUT2D eigenvalue weighted by Gasteiger charge is -2.04. The lowest BCUT2D eigenvalue weighted by molar-refractivity contribution is -0.386. The number of rotatable bonds is 3. The number of hydrogen-bond acceptors (Lipinski definition) is 5. The predicted molar refractivity (Wildman–Crippen MR) is 58.4 cm³/mol. The molecule has 0 saturated carbocycles. The van der Waals surface area contributed by atoms with E-state index < -0.39 is 16.4 Å². The maximum Gasteiger partial charge on any atom is 0.328 e. The lowest BCUT2D eigenvalue weighted by Crippen LogP contribution is -2.01. The Morgan fingerprint density at radius 1 is 1.24 bits per heavy atom. The number of hydrogen-bond donors (Lipinski definition) is 1. The number of nitrogens with zero attached hydrogens (tertiary/aromatic N) is 3. The number of nitrogens with one attached hydrogen (secondary N) is 1. The van der Waals surface area contributed by atoms with Gasteiger partial charge in [-0.2, -0.15) is 4.39 Å². The van der Waals surface area contributed by atoms with Crippen molar-refractivity contribution >= 4 is 17.3 Å². The third kappa shape index (κ3) is 2.33. The molecule has 0 spiro atoms. The monoisotopic (exact) mass is 234 g/mol. The molecule has 0 fully saturated rings. The number of halogens is 1. The number of anilines is 2. The number of nitro benzene ring substituents is 1. The molecule has 1 aromatic carbocycles. The fraction of sp³-hybridized carbons (Fsp3) is 0. The summed E-state index contributed by atoms with van der Waals surface area (Å²) in [7, 11) is 0. The van der Waals surface area contributed by atoms with Gasteiger partial charge in [0.2, 0.25) is 11.8 Å². The van der Waals surface area contributed by atoms with E-state index in [9.17, 15) is 14.5 Å². The Bertz CT molecular complexity index is 547. The van der Waals surface area contributed by atoms with E-state index in [1.807, 2.05) is 0 Å². The summed E-state index contributed by atoms with van der Waals surface area (Å²) in [4.78, 5) is 17.6. The average Bonchev–Trinajstić information content (AvgIpc) is 2.30. The summed E-state index contributed by atoms with van der Waals surface area (Å²) in [6, 6.07) is 5.38. The van der Waals surface area contributed by atoms with Gasteiger partial charge in [0, 0.05) is 12.4 Å². The first-order chi connectivity index (χ1) is 8.18. The Morgan fingerprint density at radius 2 is 1.94 bits per heavy atom. The van der Waals surface area contributed by atoms with Crippen LogP contribution in [0.15, 0.2) is 36.7 Å². The zero-order valence-corrected chi connectivity index (χ0v) is 8.50. The first-order valence-electron chi connectivity index (χ1n) is 4.65. The molecule has 2 aromatic rings. The smallest absolute Gasteiger partial charge is 0.318 e. The maximum atomic E-state index is 13.3. The zero-order chi connectivity index (χ0) is 12.3. The van der Waals surface area contributed by atoms with Crippen LogP contribution in [0.1, 0.15) is 0 Å². The van der Waals surface area contributed by atoms with Gasteiger partial charge in [-0.15, -0.1) is 0 Å². The highest BCUT2D eigenvalue weighted by atomic mass is 19.1. The van der Waals surface area contributed by atoms with Crippen LogP contribution in [0.3, 0.4) is 0 Å². The van der Waals surface area contributed by atoms with Gasteiger partial charge in [0.05, 0.1) is 4.92 Å². The first-order valence-corrected chi connectivity index (χ1v) is 4.65. The van der Waals surface area contributed by atoms with E-state index in [-0.39, 0.29) is 11.6 Å². The van der Waals surface area contributed by atoms with E-state index in [1.165, 1.54) is 24.5 Å². The van der Waals surface area contributed by atoms with Crippen molar-refractivity contribution in [1.82, 2.24) is 9.97 Å². The summed E-state index contributed by atoms with van der Waals surface area (Å²) < 4.78 is 13.3. The van der Waals surface area contributed by atoms with E-state index in [4.69, 9.17) is 0 Å². The molecule has 0 amide bonds. The molecule has 1 aromatic heterocycles. The molecule has 6 nitrogen and oxygen atoms in total. The predicted octanol–water partition coefficient (Wildman–Crippen LogP) is 2.27. The quantitative estimate of drug-likeness (QED) is 0.650. The van der Waals surface area contributed by atoms with Gasteiger partial charge < -0.3 is 5.32 Å². The van der Waals surface area contributed by atoms with E-state index in [2.05, 4.69) is 15.3 Å². The molecule has 0 radical (unpaired) electrons. The van der Waals surface area contributed by atoms with Crippen molar-refractivity contribution in [2.24, 2.45) is 0 Å². The average molecular weight is 234 g/mol. The number of para-hydroxylation sites is 1. The topological polar surface area (TPSA) is 81.0 Å². The molecule has 0 aliphatic rings. The fourth-order valence-corrected chi connectivity index (χ4v) is 1.29. The molecule has 17 heavy (non-hydrogen) atoms. The van der Waals surface area contributed by atoms with Gasteiger partial charge in [0.15, 0.2) is 0 Å². The van der Waals surface area contributed by atoms with Gasteiger partial charge in [-0.05, 0) is 18.2 Å². The van der Waals surface area contributed by atoms with Crippen molar-refractivity contribution < 1.29 is 9.31 Å². The van der Waals surface area contributed by atoms with Gasteiger partial charge in [-0.25, -0.2) is 9.97 Å². The molecule has 0 saturated heterocycles. The number of nitro groups is 1. The molecule has 86 valence electrons. The summed E-state index contributed by atoms with van der Waals surface area (Å²) in [5.41, 5.74) is -0.610. The van der Waals surface area contributed by atoms with Crippen molar-refractivity contribution in [2.75, 3.05) is 5.32 Å². The van der Waals surface area contributed by atoms with Crippen LogP contribution in [-0.2, 0) is 0 Å². The molecule has 2 rings (SSSR count). The van der Waals surface area contributed by atoms with Crippen LogP contribution in [0.25, 0.3) is 0 Å². The minimum Gasteiger partial charge on any atom is -0.318 e. The molecule has 0 aliphatic heterocycles. The van der Waals surface area contributed by atoms with Crippen LogP contribution in [0.2, 0.25) is 0 Å². The van der Waals surface area contributed by atoms with Crippen LogP contribution < -0.4 is 5.32 Å². The summed E-state index contributed by atoms with van der Waals surface area (Å²) in [5, 5.41) is 13.3. The van der Waals surface area contributed by atoms with Crippen molar-refractivity contribution in [3.63, 3.8) is 0 Å². The van der Waals surface area contributed by atoms with E-state index >= 15 is 0 Å². The standard InChI is InChI=1S/C10H7FN4O2/c11-7-3-1-4-8(9(7)15(16)17)14-10-12-5-2-6-13-10/h1-6H,(H,12,13,14). The van der Waals surface area contributed by atoms with Crippen molar-refractivity contribution in [3.05, 3.63) is 52.6 Å². The molecule has 0 unspecified atom stereocenters. The Kier molecular flexibility index (Phi) is 2.91. The van der Waals surface area contributed by atoms with Gasteiger partial charge in [-0.1, -0.05) is 6.07 Å². The number of benzene rings is 1. The minimum absolute atomic E-state index is 0.0150. The molecule has 0 aliphatic carbocycles. The molecule has 7 heteroatoms. The second kappa shape index (κ2) is 4.52. The highest BCUT2D eigenvalue weighted by molar-refractivity contribution is 5.66. The zero-order valence-electron chi connectivity index (χ0n) is 8.50. The van der Waals surface area contributed by atoms with Crippen LogP contribution in [0, 0.1) is 15.9 Å². The molecule has 1 heterocycles. The van der Waals surface area contributed by atoms with E-state index in [0.29, 0.717) is 0 Å². The SMILES string of the molecule is O=[N+]([O-])c1c(F)cccc1Nc1ncccn1. The van der Waals surface area contributed by atoms with Gasteiger partial charge >= 0.3 is 5.69 Å². The third-order valence-corrected chi connectivity index (χ3v) is 1.98. The van der Waals surface area contributed by atoms with Gasteiger partial charge in [0.1, 0.15) is 5.69 Å². The van der Waals surface area contributed by atoms with Crippen LogP contribution in [0.4, 0.5) is 21.7 Å². The minimum atomic E-state index is -0.907. The molecule has 1 N–H and O–H groups in total. The molecular formula is C10H7FN4O2. The Morgan fingerprint density at radius 3 is 2.59 bits per heavy atom. The molecular weight excluding hydrogens is 227 g/mol. The van der Waals surface area contributed by atoms with Gasteiger partial charge in [-0.3, -0.25) is 10.1 Å². The van der Waals surface area contributed by atoms with Crippen LogP contribution in [-0.4, -0.2) is 14.9 Å². The summed E-state index contributed by atoms with van der Waals surface area (Å²) in [6.07, 6.45) is 2.95. The summed E-state index contributed by atoms with van der Waals surface area (Å²) >= 11 is 0. The highest BCUT2D eigenvalue weighted by Crippen LogP contribution is 2.28. The lowest BCUT2D eigenvalue weighted by atomic mass is 10.2. The largest absolute Gasteiger partial charge is 0.328 e. The third-order valence-electron chi connectivity index (χ3n) is 1.98.